The summed E-state index contributed by atoms with van der Waals surface area (Å²) in [6.07, 6.45) is 1.93. The third-order valence-corrected chi connectivity index (χ3v) is 5.44. The lowest BCUT2D eigenvalue weighted by molar-refractivity contribution is 0.0945. The molecule has 4 rings (SSSR count). The smallest absolute Gasteiger partial charge is 0.253 e. The number of hydrogen-bond donors (Lipinski definition) is 4. The summed E-state index contributed by atoms with van der Waals surface area (Å²) in [5.41, 5.74) is 0.949. The quantitative estimate of drug-likeness (QED) is 0.525. The molecule has 1 amide bonds. The van der Waals surface area contributed by atoms with Gasteiger partial charge in [-0.15, -0.1) is 0 Å². The van der Waals surface area contributed by atoms with E-state index in [4.69, 9.17) is 0 Å². The summed E-state index contributed by atoms with van der Waals surface area (Å²) in [5.74, 6) is -1.04. The number of phenolic OH excluding ortho intramolecular Hbond substituents is 1. The molecule has 0 aliphatic carbocycles. The zero-order valence-corrected chi connectivity index (χ0v) is 16.4. The lowest BCUT2D eigenvalue weighted by Gasteiger charge is -2.23. The molecule has 1 aliphatic heterocycles. The van der Waals surface area contributed by atoms with Gasteiger partial charge in [-0.25, -0.2) is 9.37 Å². The van der Waals surface area contributed by atoms with E-state index in [0.29, 0.717) is 23.5 Å². The fraction of sp³-hybridized carbons (Fsp3) is 0.333. The van der Waals surface area contributed by atoms with Crippen molar-refractivity contribution in [1.29, 1.82) is 5.26 Å². The molecule has 3 heterocycles. The zero-order chi connectivity index (χ0) is 21.3. The van der Waals surface area contributed by atoms with Gasteiger partial charge >= 0.3 is 0 Å². The van der Waals surface area contributed by atoms with Crippen LogP contribution in [0.15, 0.2) is 18.2 Å². The maximum absolute atomic E-state index is 14.5. The summed E-state index contributed by atoms with van der Waals surface area (Å²) in [4.78, 5) is 17.5. The lowest BCUT2D eigenvalue weighted by atomic mass is 9.96. The molecule has 0 radical (unpaired) electrons. The Labute approximate surface area is 172 Å². The number of amides is 1. The first kappa shape index (κ1) is 19.8. The molecule has 154 valence electrons. The van der Waals surface area contributed by atoms with Crippen LogP contribution in [-0.4, -0.2) is 45.8 Å². The summed E-state index contributed by atoms with van der Waals surface area (Å²) < 4.78 is 14.5. The highest BCUT2D eigenvalue weighted by Crippen LogP contribution is 2.33. The maximum Gasteiger partial charge on any atom is 0.253 e. The number of rotatable bonds is 4. The molecule has 0 atom stereocenters. The fourth-order valence-electron chi connectivity index (χ4n) is 3.84. The van der Waals surface area contributed by atoms with E-state index in [2.05, 4.69) is 25.8 Å². The third kappa shape index (κ3) is 3.57. The first-order chi connectivity index (χ1) is 14.5. The van der Waals surface area contributed by atoms with Crippen LogP contribution in [0.5, 0.6) is 5.75 Å². The molecule has 0 bridgehead atoms. The number of carbonyl (C=O) groups is 1. The van der Waals surface area contributed by atoms with Gasteiger partial charge in [-0.2, -0.15) is 10.4 Å². The second-order valence-corrected chi connectivity index (χ2v) is 7.44. The van der Waals surface area contributed by atoms with Crippen molar-refractivity contribution in [3.63, 3.8) is 0 Å². The Bertz CT molecular complexity index is 1160. The average Bonchev–Trinajstić information content (AvgIpc) is 3.12. The number of fused-ring (bicyclic) bond motifs is 1. The number of hydrogen-bond acceptors (Lipinski definition) is 6. The largest absolute Gasteiger partial charge is 0.508 e. The number of aryl methyl sites for hydroxylation is 1. The lowest BCUT2D eigenvalue weighted by Crippen LogP contribution is -2.36. The number of nitrogens with zero attached hydrogens (tertiary/aromatic N) is 3. The Morgan fingerprint density at radius 3 is 2.87 bits per heavy atom. The standard InChI is InChI=1S/C21H21FN6O2/c1-11-17-18(21(30)25-10-12-4-6-24-7-5-12)15(9-23)19(26-20(17)28-27-11)14-3-2-13(29)8-16(14)22/h2-3,8,12,24,29H,4-7,10H2,1H3,(H,25,30)(H,26,27,28). The molecule has 1 saturated heterocycles. The molecular weight excluding hydrogens is 387 g/mol. The zero-order valence-electron chi connectivity index (χ0n) is 16.4. The summed E-state index contributed by atoms with van der Waals surface area (Å²) in [5, 5.41) is 33.0. The second-order valence-electron chi connectivity index (χ2n) is 7.44. The number of phenols is 1. The summed E-state index contributed by atoms with van der Waals surface area (Å²) in [7, 11) is 0. The summed E-state index contributed by atoms with van der Waals surface area (Å²) in [6.45, 7) is 4.06. The van der Waals surface area contributed by atoms with Crippen molar-refractivity contribution in [2.24, 2.45) is 5.92 Å². The van der Waals surface area contributed by atoms with Crippen molar-refractivity contribution in [2.75, 3.05) is 19.6 Å². The van der Waals surface area contributed by atoms with E-state index < -0.39 is 11.7 Å². The van der Waals surface area contributed by atoms with Crippen LogP contribution < -0.4 is 10.6 Å². The van der Waals surface area contributed by atoms with Gasteiger partial charge in [0.15, 0.2) is 5.65 Å². The first-order valence-corrected chi connectivity index (χ1v) is 9.76. The van der Waals surface area contributed by atoms with Gasteiger partial charge in [0, 0.05) is 23.9 Å². The van der Waals surface area contributed by atoms with Gasteiger partial charge in [0.2, 0.25) is 0 Å². The molecule has 8 nitrogen and oxygen atoms in total. The number of pyridine rings is 1. The number of aromatic hydroxyl groups is 1. The number of halogens is 1. The minimum atomic E-state index is -0.744. The molecule has 0 spiro atoms. The highest BCUT2D eigenvalue weighted by atomic mass is 19.1. The van der Waals surface area contributed by atoms with E-state index >= 15 is 0 Å². The summed E-state index contributed by atoms with van der Waals surface area (Å²) >= 11 is 0. The molecule has 4 N–H and O–H groups in total. The van der Waals surface area contributed by atoms with E-state index in [1.807, 2.05) is 6.07 Å². The van der Waals surface area contributed by atoms with E-state index in [0.717, 1.165) is 32.0 Å². The van der Waals surface area contributed by atoms with Crippen molar-refractivity contribution in [3.05, 3.63) is 40.8 Å². The van der Waals surface area contributed by atoms with E-state index in [1.54, 1.807) is 6.92 Å². The molecule has 9 heteroatoms. The molecule has 0 saturated carbocycles. The number of nitrogens with one attached hydrogen (secondary N) is 3. The van der Waals surface area contributed by atoms with Gasteiger partial charge in [-0.3, -0.25) is 9.89 Å². The van der Waals surface area contributed by atoms with Crippen molar-refractivity contribution >= 4 is 16.9 Å². The van der Waals surface area contributed by atoms with Gasteiger partial charge < -0.3 is 15.7 Å². The molecule has 1 aromatic carbocycles. The van der Waals surface area contributed by atoms with Gasteiger partial charge in [-0.1, -0.05) is 0 Å². The van der Waals surface area contributed by atoms with E-state index in [-0.39, 0.29) is 33.8 Å². The average molecular weight is 408 g/mol. The van der Waals surface area contributed by atoms with Crippen LogP contribution in [-0.2, 0) is 0 Å². The predicted octanol–water partition coefficient (Wildman–Crippen LogP) is 2.38. The maximum atomic E-state index is 14.5. The Kier molecular flexibility index (Phi) is 5.33. The number of H-pyrrole nitrogens is 1. The number of aromatic amines is 1. The molecule has 30 heavy (non-hydrogen) atoms. The van der Waals surface area contributed by atoms with Gasteiger partial charge in [0.1, 0.15) is 17.6 Å². The van der Waals surface area contributed by atoms with Crippen LogP contribution in [0, 0.1) is 30.0 Å². The Morgan fingerprint density at radius 1 is 1.40 bits per heavy atom. The number of benzene rings is 1. The van der Waals surface area contributed by atoms with Crippen LogP contribution in [0.2, 0.25) is 0 Å². The number of carbonyl (C=O) groups excluding carboxylic acids is 1. The van der Waals surface area contributed by atoms with Crippen LogP contribution in [0.4, 0.5) is 4.39 Å². The van der Waals surface area contributed by atoms with Crippen molar-refractivity contribution in [3.8, 4) is 23.1 Å². The Morgan fingerprint density at radius 2 is 2.17 bits per heavy atom. The molecule has 0 unspecified atom stereocenters. The highest BCUT2D eigenvalue weighted by Gasteiger charge is 2.26. The van der Waals surface area contributed by atoms with Crippen molar-refractivity contribution in [1.82, 2.24) is 25.8 Å². The minimum absolute atomic E-state index is 0.0132. The molecular formula is C21H21FN6O2. The Balaban J connectivity index is 1.81. The predicted molar refractivity (Wildman–Crippen MR) is 108 cm³/mol. The normalized spacial score (nSPS) is 14.6. The topological polar surface area (TPSA) is 127 Å². The van der Waals surface area contributed by atoms with Crippen molar-refractivity contribution in [2.45, 2.75) is 19.8 Å². The van der Waals surface area contributed by atoms with Gasteiger partial charge in [0.05, 0.1) is 22.2 Å². The van der Waals surface area contributed by atoms with Crippen LogP contribution >= 0.6 is 0 Å². The summed E-state index contributed by atoms with van der Waals surface area (Å²) in [6, 6.07) is 5.60. The fourth-order valence-corrected chi connectivity index (χ4v) is 3.84. The second kappa shape index (κ2) is 8.08. The molecule has 1 aliphatic rings. The first-order valence-electron chi connectivity index (χ1n) is 9.76. The van der Waals surface area contributed by atoms with E-state index in [9.17, 15) is 19.6 Å². The van der Waals surface area contributed by atoms with Crippen LogP contribution in [0.3, 0.4) is 0 Å². The van der Waals surface area contributed by atoms with Crippen LogP contribution in [0.25, 0.3) is 22.3 Å². The SMILES string of the molecule is Cc1[nH]nc2nc(-c3ccc(O)cc3F)c(C#N)c(C(=O)NCC3CCNCC3)c12. The number of piperidine rings is 1. The van der Waals surface area contributed by atoms with Crippen LogP contribution in [0.1, 0.15) is 34.5 Å². The van der Waals surface area contributed by atoms with Gasteiger partial charge in [0.25, 0.3) is 5.91 Å². The van der Waals surface area contributed by atoms with Crippen molar-refractivity contribution < 1.29 is 14.3 Å². The molecule has 1 fully saturated rings. The van der Waals surface area contributed by atoms with Gasteiger partial charge in [-0.05, 0) is 50.9 Å². The van der Waals surface area contributed by atoms with E-state index in [1.165, 1.54) is 12.1 Å². The number of nitriles is 1. The molecule has 3 aromatic rings. The minimum Gasteiger partial charge on any atom is -0.508 e. The Hall–Kier alpha value is -3.51. The number of aromatic nitrogens is 3. The monoisotopic (exact) mass is 408 g/mol. The molecule has 2 aromatic heterocycles. The third-order valence-electron chi connectivity index (χ3n) is 5.44. The highest BCUT2D eigenvalue weighted by molar-refractivity contribution is 6.10.